The molecule has 20 heavy (non-hydrogen) atoms. The molecule has 0 unspecified atom stereocenters. The number of fused-ring (bicyclic) bond motifs is 1. The molecule has 0 aliphatic carbocycles. The van der Waals surface area contributed by atoms with Crippen LogP contribution in [0.1, 0.15) is 16.8 Å². The maximum atomic E-state index is 13.5. The maximum Gasteiger partial charge on any atom is 0.534 e. The van der Waals surface area contributed by atoms with Crippen molar-refractivity contribution in [3.05, 3.63) is 23.5 Å². The number of carbonyl (C=O) groups is 1. The summed E-state index contributed by atoms with van der Waals surface area (Å²) >= 11 is 0. The molecule has 1 heterocycles. The minimum Gasteiger partial charge on any atom is -0.492 e. The summed E-state index contributed by atoms with van der Waals surface area (Å²) in [6.45, 7) is -0.0388. The lowest BCUT2D eigenvalue weighted by Gasteiger charge is -2.17. The molecule has 0 amide bonds. The summed E-state index contributed by atoms with van der Waals surface area (Å²) in [6.07, 6.45) is -0.00645. The predicted octanol–water partition coefficient (Wildman–Crippen LogP) is 2.02. The van der Waals surface area contributed by atoms with Crippen LogP contribution in [0.15, 0.2) is 12.1 Å². The highest BCUT2D eigenvalue weighted by Gasteiger charge is 2.49. The minimum atomic E-state index is -5.99. The van der Waals surface area contributed by atoms with Crippen molar-refractivity contribution in [2.45, 2.75) is 11.9 Å². The monoisotopic (exact) mass is 314 g/mol. The Morgan fingerprint density at radius 1 is 1.25 bits per heavy atom. The van der Waals surface area contributed by atoms with Gasteiger partial charge in [0.2, 0.25) is 0 Å². The van der Waals surface area contributed by atoms with Gasteiger partial charge in [-0.05, 0) is 6.07 Å². The van der Waals surface area contributed by atoms with Gasteiger partial charge in [-0.3, -0.25) is 4.79 Å². The molecule has 2 rings (SSSR count). The molecule has 0 bridgehead atoms. The fourth-order valence-corrected chi connectivity index (χ4v) is 1.95. The van der Waals surface area contributed by atoms with E-state index in [2.05, 4.69) is 4.18 Å². The first-order chi connectivity index (χ1) is 9.12. The van der Waals surface area contributed by atoms with Crippen LogP contribution in [0.2, 0.25) is 0 Å². The molecule has 0 fully saturated rings. The Morgan fingerprint density at radius 3 is 2.50 bits per heavy atom. The molecule has 1 aromatic carbocycles. The van der Waals surface area contributed by atoms with Gasteiger partial charge in [0.05, 0.1) is 12.2 Å². The van der Waals surface area contributed by atoms with E-state index in [1.54, 1.807) is 0 Å². The van der Waals surface area contributed by atoms with E-state index in [0.717, 1.165) is 0 Å². The van der Waals surface area contributed by atoms with Gasteiger partial charge in [-0.15, -0.1) is 0 Å². The van der Waals surface area contributed by atoms with Crippen LogP contribution in [-0.2, 0) is 10.1 Å². The van der Waals surface area contributed by atoms with Gasteiger partial charge in [0, 0.05) is 12.5 Å². The number of alkyl halides is 3. The fraction of sp³-hybridized carbons (Fsp3) is 0.300. The van der Waals surface area contributed by atoms with Gasteiger partial charge in [-0.2, -0.15) is 21.6 Å². The molecular weight excluding hydrogens is 308 g/mol. The number of Topliss-reactive ketones (excluding diaryl/α,β-unsaturated/α-hetero) is 1. The first-order valence-corrected chi connectivity index (χ1v) is 6.53. The third-order valence-corrected chi connectivity index (χ3v) is 3.37. The van der Waals surface area contributed by atoms with E-state index in [9.17, 15) is 30.8 Å². The van der Waals surface area contributed by atoms with Gasteiger partial charge in [-0.1, -0.05) is 0 Å². The number of hydrogen-bond donors (Lipinski definition) is 0. The zero-order valence-corrected chi connectivity index (χ0v) is 10.3. The van der Waals surface area contributed by atoms with Gasteiger partial charge in [0.1, 0.15) is 5.75 Å². The van der Waals surface area contributed by atoms with Crippen LogP contribution >= 0.6 is 0 Å². The second kappa shape index (κ2) is 4.62. The van der Waals surface area contributed by atoms with Gasteiger partial charge in [0.25, 0.3) is 0 Å². The minimum absolute atomic E-state index is 0.00645. The average molecular weight is 314 g/mol. The van der Waals surface area contributed by atoms with Crippen LogP contribution in [0.4, 0.5) is 17.6 Å². The number of benzene rings is 1. The van der Waals surface area contributed by atoms with Crippen molar-refractivity contribution in [2.75, 3.05) is 6.61 Å². The molecule has 5 nitrogen and oxygen atoms in total. The highest BCUT2D eigenvalue weighted by molar-refractivity contribution is 7.88. The molecule has 1 aliphatic heterocycles. The molecule has 0 atom stereocenters. The first-order valence-electron chi connectivity index (χ1n) is 5.12. The lowest BCUT2D eigenvalue weighted by molar-refractivity contribution is -0.0501. The summed E-state index contributed by atoms with van der Waals surface area (Å²) in [5.41, 5.74) is -5.86. The zero-order valence-electron chi connectivity index (χ0n) is 9.53. The number of rotatable bonds is 2. The van der Waals surface area contributed by atoms with E-state index in [0.29, 0.717) is 12.1 Å². The third kappa shape index (κ3) is 2.55. The molecule has 110 valence electrons. The molecule has 10 heteroatoms. The van der Waals surface area contributed by atoms with Crippen LogP contribution in [0.5, 0.6) is 11.5 Å². The molecule has 1 aliphatic rings. The molecule has 0 N–H and O–H groups in total. The van der Waals surface area contributed by atoms with Gasteiger partial charge >= 0.3 is 15.6 Å². The molecular formula is C10H6F4O5S. The third-order valence-electron chi connectivity index (χ3n) is 2.40. The molecule has 0 spiro atoms. The lowest BCUT2D eigenvalue weighted by Crippen LogP contribution is -2.28. The molecule has 0 aromatic heterocycles. The van der Waals surface area contributed by atoms with Crippen molar-refractivity contribution in [3.63, 3.8) is 0 Å². The highest BCUT2D eigenvalue weighted by atomic mass is 32.2. The van der Waals surface area contributed by atoms with Gasteiger partial charge in [-0.25, -0.2) is 4.39 Å². The van der Waals surface area contributed by atoms with Crippen molar-refractivity contribution in [1.29, 1.82) is 0 Å². The van der Waals surface area contributed by atoms with Gasteiger partial charge < -0.3 is 8.92 Å². The summed E-state index contributed by atoms with van der Waals surface area (Å²) < 4.78 is 80.1. The number of hydrogen-bond acceptors (Lipinski definition) is 5. The van der Waals surface area contributed by atoms with Crippen LogP contribution in [0, 0.1) is 5.82 Å². The summed E-state index contributed by atoms with van der Waals surface area (Å²) in [6, 6.07) is 1.18. The molecule has 1 aromatic rings. The summed E-state index contributed by atoms with van der Waals surface area (Å²) in [5, 5.41) is 0. The number of carbonyl (C=O) groups excluding carboxylic acids is 1. The Labute approximate surface area is 110 Å². The summed E-state index contributed by atoms with van der Waals surface area (Å²) in [5.74, 6) is -3.28. The van der Waals surface area contributed by atoms with Crippen LogP contribution in [-0.4, -0.2) is 26.3 Å². The Bertz CT molecular complexity index is 665. The van der Waals surface area contributed by atoms with Crippen molar-refractivity contribution in [3.8, 4) is 11.5 Å². The Kier molecular flexibility index (Phi) is 3.36. The topological polar surface area (TPSA) is 69.7 Å². The van der Waals surface area contributed by atoms with Crippen LogP contribution in [0.25, 0.3) is 0 Å². The van der Waals surface area contributed by atoms with E-state index in [-0.39, 0.29) is 24.3 Å². The van der Waals surface area contributed by atoms with Gasteiger partial charge in [0.15, 0.2) is 17.3 Å². The van der Waals surface area contributed by atoms with E-state index in [1.165, 1.54) is 0 Å². The van der Waals surface area contributed by atoms with E-state index < -0.39 is 33.0 Å². The Balaban J connectivity index is 2.43. The predicted molar refractivity (Wildman–Crippen MR) is 56.4 cm³/mol. The normalized spacial score (nSPS) is 15.5. The molecule has 0 radical (unpaired) electrons. The smallest absolute Gasteiger partial charge is 0.492 e. The van der Waals surface area contributed by atoms with Crippen molar-refractivity contribution in [1.82, 2.24) is 0 Å². The first kappa shape index (κ1) is 14.6. The summed E-state index contributed by atoms with van der Waals surface area (Å²) in [4.78, 5) is 11.4. The van der Waals surface area contributed by atoms with E-state index in [4.69, 9.17) is 4.74 Å². The van der Waals surface area contributed by atoms with Crippen LogP contribution < -0.4 is 8.92 Å². The van der Waals surface area contributed by atoms with Crippen molar-refractivity contribution in [2.24, 2.45) is 0 Å². The number of halogens is 4. The second-order valence-electron chi connectivity index (χ2n) is 3.78. The molecule has 0 saturated heterocycles. The van der Waals surface area contributed by atoms with Crippen molar-refractivity contribution < 1.29 is 39.7 Å². The quantitative estimate of drug-likeness (QED) is 0.474. The van der Waals surface area contributed by atoms with Crippen LogP contribution in [0.3, 0.4) is 0 Å². The van der Waals surface area contributed by atoms with E-state index in [1.807, 2.05) is 0 Å². The maximum absolute atomic E-state index is 13.5. The fourth-order valence-electron chi connectivity index (χ4n) is 1.49. The van der Waals surface area contributed by atoms with E-state index >= 15 is 0 Å². The SMILES string of the molecule is O=C1CCOc2cc(OS(=O)(=O)C(F)(F)F)c(F)cc21. The Hall–Kier alpha value is -1.84. The average Bonchev–Trinajstić information content (AvgIpc) is 2.30. The summed E-state index contributed by atoms with van der Waals surface area (Å²) in [7, 11) is -5.99. The highest BCUT2D eigenvalue weighted by Crippen LogP contribution is 2.34. The van der Waals surface area contributed by atoms with Crippen molar-refractivity contribution >= 4 is 15.9 Å². The largest absolute Gasteiger partial charge is 0.534 e. The lowest BCUT2D eigenvalue weighted by atomic mass is 10.0. The zero-order chi connectivity index (χ0) is 15.1. The number of ether oxygens (including phenoxy) is 1. The number of ketones is 1. The standard InChI is InChI=1S/C10H6F4O5S/c11-6-3-5-7(15)1-2-18-8(5)4-9(6)19-20(16,17)10(12,13)14/h3-4H,1-2H2. The Morgan fingerprint density at radius 2 is 1.90 bits per heavy atom. The molecule has 0 saturated carbocycles. The second-order valence-corrected chi connectivity index (χ2v) is 5.32.